The highest BCUT2D eigenvalue weighted by Gasteiger charge is 2.41. The Morgan fingerprint density at radius 2 is 1.26 bits per heavy atom. The molecule has 0 unspecified atom stereocenters. The Morgan fingerprint density at radius 3 is 1.61 bits per heavy atom. The zero-order valence-electron chi connectivity index (χ0n) is 17.5. The summed E-state index contributed by atoms with van der Waals surface area (Å²) >= 11 is 0. The van der Waals surface area contributed by atoms with Crippen LogP contribution in [0.15, 0.2) is 34.7 Å². The van der Waals surface area contributed by atoms with Crippen LogP contribution in [0.3, 0.4) is 0 Å². The SMILES string of the molecule is C=C(C)N/C(C)=C(C)/C(C)=C(\C)C(C)(C)C(C)(CCC)CCC. The summed E-state index contributed by atoms with van der Waals surface area (Å²) in [6, 6.07) is 0. The van der Waals surface area contributed by atoms with Crippen molar-refractivity contribution < 1.29 is 0 Å². The van der Waals surface area contributed by atoms with Crippen molar-refractivity contribution in [1.29, 1.82) is 0 Å². The minimum atomic E-state index is 0.188. The first-order valence-electron chi connectivity index (χ1n) is 9.22. The normalized spacial score (nSPS) is 15.0. The summed E-state index contributed by atoms with van der Waals surface area (Å²) in [6.45, 7) is 26.9. The first kappa shape index (κ1) is 22.0. The maximum Gasteiger partial charge on any atom is 0.0149 e. The van der Waals surface area contributed by atoms with E-state index in [-0.39, 0.29) is 5.41 Å². The largest absolute Gasteiger partial charge is 0.363 e. The third-order valence-corrected chi connectivity index (χ3v) is 6.14. The van der Waals surface area contributed by atoms with Crippen molar-refractivity contribution in [3.05, 3.63) is 34.7 Å². The number of hydrogen-bond donors (Lipinski definition) is 1. The molecule has 1 N–H and O–H groups in total. The average molecular weight is 320 g/mol. The fourth-order valence-corrected chi connectivity index (χ4v) is 3.75. The van der Waals surface area contributed by atoms with Crippen LogP contribution in [0.25, 0.3) is 0 Å². The molecule has 0 atom stereocenters. The van der Waals surface area contributed by atoms with Gasteiger partial charge in [0.15, 0.2) is 0 Å². The van der Waals surface area contributed by atoms with Crippen molar-refractivity contribution in [2.24, 2.45) is 10.8 Å². The molecule has 0 fully saturated rings. The Balaban J connectivity index is 5.91. The van der Waals surface area contributed by atoms with E-state index >= 15 is 0 Å². The van der Waals surface area contributed by atoms with Gasteiger partial charge in [-0.1, -0.05) is 59.6 Å². The van der Waals surface area contributed by atoms with Gasteiger partial charge in [0.05, 0.1) is 0 Å². The summed E-state index contributed by atoms with van der Waals surface area (Å²) in [5.74, 6) is 0. The van der Waals surface area contributed by atoms with E-state index in [0.29, 0.717) is 5.41 Å². The van der Waals surface area contributed by atoms with Crippen molar-refractivity contribution in [3.63, 3.8) is 0 Å². The number of allylic oxidation sites excluding steroid dienone is 5. The van der Waals surface area contributed by atoms with E-state index < -0.39 is 0 Å². The molecule has 0 aliphatic rings. The standard InChI is InChI=1S/C22H41N/c1-12-14-22(11,15-13-2)21(9,10)19(7)17(5)18(6)20(8)23-16(3)4/h23H,3,12-15H2,1-2,4-11H3/b19-17+,20-18+. The van der Waals surface area contributed by atoms with Crippen LogP contribution in [-0.2, 0) is 0 Å². The van der Waals surface area contributed by atoms with Crippen LogP contribution < -0.4 is 5.32 Å². The summed E-state index contributed by atoms with van der Waals surface area (Å²) in [6.07, 6.45) is 5.06. The first-order valence-corrected chi connectivity index (χ1v) is 9.22. The number of hydrogen-bond acceptors (Lipinski definition) is 1. The maximum absolute atomic E-state index is 3.96. The molecule has 0 saturated heterocycles. The first-order chi connectivity index (χ1) is 10.4. The molecule has 0 heterocycles. The Morgan fingerprint density at radius 1 is 0.826 bits per heavy atom. The monoisotopic (exact) mass is 319 g/mol. The molecular weight excluding hydrogens is 278 g/mol. The Bertz CT molecular complexity index is 468. The predicted octanol–water partition coefficient (Wildman–Crippen LogP) is 7.37. The summed E-state index contributed by atoms with van der Waals surface area (Å²) in [5, 5.41) is 3.37. The molecule has 134 valence electrons. The molecule has 1 heteroatoms. The molecule has 0 spiro atoms. The van der Waals surface area contributed by atoms with Gasteiger partial charge in [0.25, 0.3) is 0 Å². The maximum atomic E-state index is 3.96. The number of nitrogens with one attached hydrogen (secondary N) is 1. The molecule has 0 bridgehead atoms. The Kier molecular flexibility index (Phi) is 8.38. The summed E-state index contributed by atoms with van der Waals surface area (Å²) < 4.78 is 0. The van der Waals surface area contributed by atoms with Gasteiger partial charge >= 0.3 is 0 Å². The van der Waals surface area contributed by atoms with E-state index in [1.807, 2.05) is 6.92 Å². The van der Waals surface area contributed by atoms with Crippen LogP contribution in [0.4, 0.5) is 0 Å². The molecule has 23 heavy (non-hydrogen) atoms. The lowest BCUT2D eigenvalue weighted by Gasteiger charge is -2.46. The van der Waals surface area contributed by atoms with Crippen LogP contribution >= 0.6 is 0 Å². The van der Waals surface area contributed by atoms with Gasteiger partial charge in [-0.25, -0.2) is 0 Å². The van der Waals surface area contributed by atoms with Gasteiger partial charge in [-0.3, -0.25) is 0 Å². The minimum Gasteiger partial charge on any atom is -0.363 e. The predicted molar refractivity (Wildman–Crippen MR) is 106 cm³/mol. The molecule has 1 nitrogen and oxygen atoms in total. The summed E-state index contributed by atoms with van der Waals surface area (Å²) in [7, 11) is 0. The van der Waals surface area contributed by atoms with Crippen LogP contribution in [0.1, 0.15) is 94.9 Å². The van der Waals surface area contributed by atoms with Crippen LogP contribution in [0.2, 0.25) is 0 Å². The van der Waals surface area contributed by atoms with Crippen LogP contribution in [0.5, 0.6) is 0 Å². The van der Waals surface area contributed by atoms with Crippen molar-refractivity contribution in [1.82, 2.24) is 5.32 Å². The fourth-order valence-electron chi connectivity index (χ4n) is 3.75. The third kappa shape index (κ3) is 5.26. The molecule has 0 saturated carbocycles. The highest BCUT2D eigenvalue weighted by molar-refractivity contribution is 5.38. The highest BCUT2D eigenvalue weighted by Crippen LogP contribution is 2.51. The lowest BCUT2D eigenvalue weighted by molar-refractivity contribution is 0.0982. The van der Waals surface area contributed by atoms with Gasteiger partial charge in [-0.2, -0.15) is 0 Å². The minimum absolute atomic E-state index is 0.188. The quantitative estimate of drug-likeness (QED) is 0.437. The van der Waals surface area contributed by atoms with Crippen molar-refractivity contribution >= 4 is 0 Å². The van der Waals surface area contributed by atoms with Gasteiger partial charge in [0, 0.05) is 11.4 Å². The highest BCUT2D eigenvalue weighted by atomic mass is 14.9. The lowest BCUT2D eigenvalue weighted by Crippen LogP contribution is -2.36. The third-order valence-electron chi connectivity index (χ3n) is 6.14. The molecule has 0 amide bonds. The molecule has 0 rings (SSSR count). The Hall–Kier alpha value is -0.980. The lowest BCUT2D eigenvalue weighted by atomic mass is 9.58. The van der Waals surface area contributed by atoms with E-state index in [4.69, 9.17) is 0 Å². The molecular formula is C22H41N. The van der Waals surface area contributed by atoms with Gasteiger partial charge in [0.2, 0.25) is 0 Å². The average Bonchev–Trinajstić information content (AvgIpc) is 2.44. The van der Waals surface area contributed by atoms with E-state index in [2.05, 4.69) is 74.2 Å². The van der Waals surface area contributed by atoms with Crippen molar-refractivity contribution in [2.75, 3.05) is 0 Å². The molecule has 0 aromatic heterocycles. The summed E-state index contributed by atoms with van der Waals surface area (Å²) in [4.78, 5) is 0. The summed E-state index contributed by atoms with van der Waals surface area (Å²) in [5.41, 5.74) is 7.01. The van der Waals surface area contributed by atoms with Crippen molar-refractivity contribution in [3.8, 4) is 0 Å². The van der Waals surface area contributed by atoms with Gasteiger partial charge in [-0.05, 0) is 69.4 Å². The van der Waals surface area contributed by atoms with Gasteiger partial charge in [0.1, 0.15) is 0 Å². The van der Waals surface area contributed by atoms with Gasteiger partial charge in [-0.15, -0.1) is 0 Å². The number of rotatable bonds is 9. The topological polar surface area (TPSA) is 12.0 Å². The second-order valence-electron chi connectivity index (χ2n) is 8.09. The van der Waals surface area contributed by atoms with Crippen LogP contribution in [0, 0.1) is 10.8 Å². The van der Waals surface area contributed by atoms with Gasteiger partial charge < -0.3 is 5.32 Å². The smallest absolute Gasteiger partial charge is 0.0149 e. The van der Waals surface area contributed by atoms with E-state index in [9.17, 15) is 0 Å². The molecule has 0 aromatic rings. The second kappa shape index (κ2) is 8.76. The van der Waals surface area contributed by atoms with Crippen molar-refractivity contribution in [2.45, 2.75) is 94.9 Å². The van der Waals surface area contributed by atoms with E-state index in [1.165, 1.54) is 48.1 Å². The zero-order valence-corrected chi connectivity index (χ0v) is 17.5. The molecule has 0 aromatic carbocycles. The molecule has 0 radical (unpaired) electrons. The van der Waals surface area contributed by atoms with Crippen LogP contribution in [-0.4, -0.2) is 0 Å². The zero-order chi connectivity index (χ0) is 18.4. The Labute approximate surface area is 146 Å². The van der Waals surface area contributed by atoms with E-state index in [1.54, 1.807) is 0 Å². The second-order valence-corrected chi connectivity index (χ2v) is 8.09. The molecule has 0 aliphatic heterocycles. The van der Waals surface area contributed by atoms with E-state index in [0.717, 1.165) is 5.70 Å². The molecule has 0 aliphatic carbocycles. The fraction of sp³-hybridized carbons (Fsp3) is 0.727.